The molecular formula is C10H11ClN6O2S. The first kappa shape index (κ1) is 14.3. The highest BCUT2D eigenvalue weighted by molar-refractivity contribution is 7.20. The van der Waals surface area contributed by atoms with Crippen LogP contribution in [-0.4, -0.2) is 34.1 Å². The highest BCUT2D eigenvalue weighted by atomic mass is 35.5. The molecule has 0 spiro atoms. The zero-order chi connectivity index (χ0) is 14.7. The number of fused-ring (bicyclic) bond motifs is 1. The van der Waals surface area contributed by atoms with Crippen molar-refractivity contribution >= 4 is 46.0 Å². The summed E-state index contributed by atoms with van der Waals surface area (Å²) < 4.78 is 7.08. The summed E-state index contributed by atoms with van der Waals surface area (Å²) in [5.74, 6) is -0.742. The van der Waals surface area contributed by atoms with Crippen LogP contribution in [0.1, 0.15) is 23.1 Å². The molecule has 4 N–H and O–H groups in total. The average Bonchev–Trinajstić information content (AvgIpc) is 2.86. The summed E-state index contributed by atoms with van der Waals surface area (Å²) in [7, 11) is 0. The third-order valence-electron chi connectivity index (χ3n) is 2.16. The van der Waals surface area contributed by atoms with Gasteiger partial charge in [-0.2, -0.15) is 5.10 Å². The van der Waals surface area contributed by atoms with Crippen molar-refractivity contribution in [2.24, 2.45) is 21.7 Å². The minimum Gasteiger partial charge on any atom is -0.461 e. The van der Waals surface area contributed by atoms with Crippen LogP contribution in [0.3, 0.4) is 0 Å². The predicted molar refractivity (Wildman–Crippen MR) is 77.4 cm³/mol. The molecular weight excluding hydrogens is 304 g/mol. The molecule has 0 atom stereocenters. The van der Waals surface area contributed by atoms with E-state index in [9.17, 15) is 4.79 Å². The van der Waals surface area contributed by atoms with Gasteiger partial charge < -0.3 is 16.2 Å². The van der Waals surface area contributed by atoms with Crippen LogP contribution in [0.5, 0.6) is 0 Å². The number of aromatic nitrogens is 2. The van der Waals surface area contributed by atoms with Gasteiger partial charge in [0.25, 0.3) is 0 Å². The summed E-state index contributed by atoms with van der Waals surface area (Å²) in [6, 6.07) is 0. The first-order valence-electron chi connectivity index (χ1n) is 5.49. The molecule has 2 heterocycles. The summed E-state index contributed by atoms with van der Waals surface area (Å²) in [5.41, 5.74) is 10.9. The Morgan fingerprint density at radius 3 is 3.05 bits per heavy atom. The maximum Gasteiger partial charge on any atom is 0.359 e. The van der Waals surface area contributed by atoms with Gasteiger partial charge in [0, 0.05) is 6.20 Å². The first-order valence-corrected chi connectivity index (χ1v) is 6.68. The summed E-state index contributed by atoms with van der Waals surface area (Å²) in [4.78, 5) is 16.6. The van der Waals surface area contributed by atoms with Gasteiger partial charge in [-0.3, -0.25) is 4.40 Å². The second-order valence-electron chi connectivity index (χ2n) is 3.52. The molecule has 106 valence electrons. The van der Waals surface area contributed by atoms with Gasteiger partial charge >= 0.3 is 5.97 Å². The van der Waals surface area contributed by atoms with Crippen molar-refractivity contribution in [2.45, 2.75) is 6.92 Å². The molecule has 0 unspecified atom stereocenters. The normalized spacial score (nSPS) is 11.1. The van der Waals surface area contributed by atoms with Gasteiger partial charge in [0.15, 0.2) is 10.7 Å². The van der Waals surface area contributed by atoms with Gasteiger partial charge in [0.05, 0.1) is 12.8 Å². The number of nitrogens with two attached hydrogens (primary N) is 2. The molecule has 8 nitrogen and oxygen atoms in total. The Hall–Kier alpha value is -2.13. The SMILES string of the molecule is CCOC(=O)c1nc2sc(Cl)cn2c1/C=N\N=C(N)N. The lowest BCUT2D eigenvalue weighted by atomic mass is 10.3. The molecule has 0 aliphatic carbocycles. The lowest BCUT2D eigenvalue weighted by Crippen LogP contribution is -2.21. The van der Waals surface area contributed by atoms with E-state index < -0.39 is 5.97 Å². The molecule has 0 amide bonds. The van der Waals surface area contributed by atoms with E-state index in [0.29, 0.717) is 15.0 Å². The summed E-state index contributed by atoms with van der Waals surface area (Å²) >= 11 is 7.13. The lowest BCUT2D eigenvalue weighted by Gasteiger charge is -1.99. The molecule has 0 saturated carbocycles. The van der Waals surface area contributed by atoms with Crippen molar-refractivity contribution in [2.75, 3.05) is 6.61 Å². The molecule has 0 aliphatic rings. The summed E-state index contributed by atoms with van der Waals surface area (Å²) in [6.45, 7) is 1.95. The van der Waals surface area contributed by atoms with Gasteiger partial charge in [-0.15, -0.1) is 5.10 Å². The van der Waals surface area contributed by atoms with Gasteiger partial charge in [0.2, 0.25) is 5.96 Å². The molecule has 0 radical (unpaired) electrons. The fourth-order valence-electron chi connectivity index (χ4n) is 1.46. The number of esters is 1. The molecule has 20 heavy (non-hydrogen) atoms. The molecule has 2 rings (SSSR count). The third-order valence-corrected chi connectivity index (χ3v) is 3.26. The van der Waals surface area contributed by atoms with Gasteiger partial charge in [-0.05, 0) is 6.92 Å². The van der Waals surface area contributed by atoms with Crippen molar-refractivity contribution in [3.05, 3.63) is 21.9 Å². The number of halogens is 1. The minimum atomic E-state index is -0.550. The Morgan fingerprint density at radius 2 is 2.40 bits per heavy atom. The van der Waals surface area contributed by atoms with Crippen molar-refractivity contribution < 1.29 is 9.53 Å². The average molecular weight is 315 g/mol. The molecule has 0 fully saturated rings. The molecule has 0 bridgehead atoms. The second-order valence-corrected chi connectivity index (χ2v) is 5.16. The number of nitrogens with zero attached hydrogens (tertiary/aromatic N) is 4. The largest absolute Gasteiger partial charge is 0.461 e. The molecule has 0 aromatic carbocycles. The fraction of sp³-hybridized carbons (Fsp3) is 0.200. The zero-order valence-corrected chi connectivity index (χ0v) is 12.0. The molecule has 0 aliphatic heterocycles. The number of thiazole rings is 1. The number of ether oxygens (including phenoxy) is 1. The van der Waals surface area contributed by atoms with Crippen LogP contribution in [0, 0.1) is 0 Å². The van der Waals surface area contributed by atoms with Crippen molar-refractivity contribution in [1.29, 1.82) is 0 Å². The van der Waals surface area contributed by atoms with E-state index in [4.69, 9.17) is 27.8 Å². The number of imidazole rings is 1. The van der Waals surface area contributed by atoms with Crippen LogP contribution in [0.15, 0.2) is 16.4 Å². The van der Waals surface area contributed by atoms with Crippen LogP contribution in [0.4, 0.5) is 0 Å². The quantitative estimate of drug-likeness (QED) is 0.375. The first-order chi connectivity index (χ1) is 9.52. The number of carbonyl (C=O) groups excluding carboxylic acids is 1. The number of hydrogen-bond donors (Lipinski definition) is 2. The topological polar surface area (TPSA) is 120 Å². The van der Waals surface area contributed by atoms with Crippen LogP contribution in [0.25, 0.3) is 4.96 Å². The van der Waals surface area contributed by atoms with E-state index in [-0.39, 0.29) is 18.3 Å². The van der Waals surface area contributed by atoms with Crippen LogP contribution >= 0.6 is 22.9 Å². The highest BCUT2D eigenvalue weighted by Crippen LogP contribution is 2.25. The second kappa shape index (κ2) is 5.88. The predicted octanol–water partition coefficient (Wildman–Crippen LogP) is 0.833. The van der Waals surface area contributed by atoms with E-state index in [1.54, 1.807) is 17.5 Å². The molecule has 0 saturated heterocycles. The van der Waals surface area contributed by atoms with Gasteiger partial charge in [0.1, 0.15) is 10.0 Å². The Morgan fingerprint density at radius 1 is 1.65 bits per heavy atom. The Bertz CT molecular complexity index is 700. The number of guanidine groups is 1. The summed E-state index contributed by atoms with van der Waals surface area (Å²) in [5, 5.41) is 7.16. The van der Waals surface area contributed by atoms with E-state index in [0.717, 1.165) is 0 Å². The minimum absolute atomic E-state index is 0.129. The van der Waals surface area contributed by atoms with Gasteiger partial charge in [-0.1, -0.05) is 22.9 Å². The highest BCUT2D eigenvalue weighted by Gasteiger charge is 2.20. The third kappa shape index (κ3) is 2.89. The number of hydrogen-bond acceptors (Lipinski definition) is 6. The van der Waals surface area contributed by atoms with Crippen LogP contribution in [0.2, 0.25) is 4.34 Å². The summed E-state index contributed by atoms with van der Waals surface area (Å²) in [6.07, 6.45) is 2.93. The number of carbonyl (C=O) groups is 1. The Kier molecular flexibility index (Phi) is 4.20. The fourth-order valence-corrected chi connectivity index (χ4v) is 2.48. The molecule has 2 aromatic rings. The molecule has 10 heteroatoms. The van der Waals surface area contributed by atoms with Crippen LogP contribution < -0.4 is 11.5 Å². The van der Waals surface area contributed by atoms with E-state index >= 15 is 0 Å². The Labute approximate surface area is 122 Å². The smallest absolute Gasteiger partial charge is 0.359 e. The monoisotopic (exact) mass is 314 g/mol. The number of rotatable bonds is 4. The van der Waals surface area contributed by atoms with Crippen molar-refractivity contribution in [3.63, 3.8) is 0 Å². The zero-order valence-electron chi connectivity index (χ0n) is 10.4. The van der Waals surface area contributed by atoms with Crippen LogP contribution in [-0.2, 0) is 4.74 Å². The van der Waals surface area contributed by atoms with Gasteiger partial charge in [-0.25, -0.2) is 9.78 Å². The lowest BCUT2D eigenvalue weighted by molar-refractivity contribution is 0.0520. The van der Waals surface area contributed by atoms with E-state index in [1.165, 1.54) is 17.6 Å². The van der Waals surface area contributed by atoms with Crippen molar-refractivity contribution in [1.82, 2.24) is 9.38 Å². The van der Waals surface area contributed by atoms with Crippen molar-refractivity contribution in [3.8, 4) is 0 Å². The maximum absolute atomic E-state index is 11.8. The van der Waals surface area contributed by atoms with E-state index in [1.807, 2.05) is 0 Å². The maximum atomic E-state index is 11.8. The Balaban J connectivity index is 2.51. The standard InChI is InChI=1S/C10H11ClN6O2S/c1-2-19-8(18)7-5(3-14-16-9(12)13)17-4-6(11)20-10(17)15-7/h3-4H,2H2,1H3,(H4,12,13,16)/b14-3-. The molecule has 2 aromatic heterocycles. The van der Waals surface area contributed by atoms with E-state index in [2.05, 4.69) is 15.2 Å².